The highest BCUT2D eigenvalue weighted by molar-refractivity contribution is 5.82. The maximum absolute atomic E-state index is 12.4. The van der Waals surface area contributed by atoms with Gasteiger partial charge in [0, 0.05) is 18.5 Å². The first-order chi connectivity index (χ1) is 9.18. The van der Waals surface area contributed by atoms with Gasteiger partial charge in [0.15, 0.2) is 0 Å². The molecule has 0 fully saturated rings. The van der Waals surface area contributed by atoms with Crippen molar-refractivity contribution in [3.8, 4) is 0 Å². The Morgan fingerprint density at radius 1 is 1.05 bits per heavy atom. The van der Waals surface area contributed by atoms with E-state index in [-0.39, 0.29) is 18.3 Å². The van der Waals surface area contributed by atoms with Crippen LogP contribution in [0.1, 0.15) is 40.5 Å². The van der Waals surface area contributed by atoms with Crippen LogP contribution in [0, 0.1) is 5.41 Å². The summed E-state index contributed by atoms with van der Waals surface area (Å²) in [6.45, 7) is 9.90. The van der Waals surface area contributed by atoms with Gasteiger partial charge in [0.1, 0.15) is 0 Å². The summed E-state index contributed by atoms with van der Waals surface area (Å²) in [4.78, 5) is 27.7. The molecule has 0 radical (unpaired) electrons. The summed E-state index contributed by atoms with van der Waals surface area (Å²) in [6.07, 6.45) is 1.16. The Hall–Kier alpha value is -1.10. The van der Waals surface area contributed by atoms with Crippen LogP contribution >= 0.6 is 0 Å². The highest BCUT2D eigenvalue weighted by Gasteiger charge is 2.27. The highest BCUT2D eigenvalue weighted by atomic mass is 16.5. The minimum absolute atomic E-state index is 0.0838. The normalized spacial score (nSPS) is 11.6. The van der Waals surface area contributed by atoms with E-state index in [1.54, 1.807) is 11.8 Å². The zero-order valence-corrected chi connectivity index (χ0v) is 13.9. The minimum Gasteiger partial charge on any atom is -0.466 e. The molecule has 0 aliphatic heterocycles. The molecule has 0 saturated carbocycles. The molecule has 0 heterocycles. The number of carbonyl (C=O) groups is 2. The van der Waals surface area contributed by atoms with E-state index >= 15 is 0 Å². The maximum Gasteiger partial charge on any atom is 0.307 e. The Labute approximate surface area is 123 Å². The van der Waals surface area contributed by atoms with E-state index in [1.165, 1.54) is 0 Å². The molecule has 0 unspecified atom stereocenters. The summed E-state index contributed by atoms with van der Waals surface area (Å²) < 4.78 is 4.92. The summed E-state index contributed by atoms with van der Waals surface area (Å²) in [5.41, 5.74) is -0.424. The summed E-state index contributed by atoms with van der Waals surface area (Å²) in [5, 5.41) is 0. The van der Waals surface area contributed by atoms with Gasteiger partial charge in [-0.25, -0.2) is 0 Å². The lowest BCUT2D eigenvalue weighted by Gasteiger charge is -2.29. The molecule has 0 saturated heterocycles. The molecular formula is C15H30N2O3. The Morgan fingerprint density at radius 2 is 1.65 bits per heavy atom. The van der Waals surface area contributed by atoms with Gasteiger partial charge in [-0.1, -0.05) is 20.8 Å². The largest absolute Gasteiger partial charge is 0.466 e. The maximum atomic E-state index is 12.4. The number of ether oxygens (including phenoxy) is 1. The zero-order chi connectivity index (χ0) is 15.8. The molecule has 0 bridgehead atoms. The van der Waals surface area contributed by atoms with Crippen LogP contribution in [-0.4, -0.2) is 62.0 Å². The second-order valence-electron chi connectivity index (χ2n) is 6.25. The van der Waals surface area contributed by atoms with Crippen LogP contribution in [0.4, 0.5) is 0 Å². The topological polar surface area (TPSA) is 49.9 Å². The molecule has 0 aliphatic rings. The lowest BCUT2D eigenvalue weighted by molar-refractivity contribution is -0.145. The van der Waals surface area contributed by atoms with Crippen LogP contribution in [0.25, 0.3) is 0 Å². The molecule has 0 aromatic heterocycles. The van der Waals surface area contributed by atoms with Gasteiger partial charge >= 0.3 is 5.97 Å². The Kier molecular flexibility index (Phi) is 8.46. The van der Waals surface area contributed by atoms with E-state index in [1.807, 2.05) is 34.9 Å². The Bertz CT molecular complexity index is 309. The molecule has 118 valence electrons. The lowest BCUT2D eigenvalue weighted by Crippen LogP contribution is -2.42. The Morgan fingerprint density at radius 3 is 2.10 bits per heavy atom. The summed E-state index contributed by atoms with van der Waals surface area (Å²) >= 11 is 0. The van der Waals surface area contributed by atoms with E-state index in [9.17, 15) is 9.59 Å². The fourth-order valence-electron chi connectivity index (χ4n) is 1.83. The van der Waals surface area contributed by atoms with Gasteiger partial charge in [-0.15, -0.1) is 0 Å². The van der Waals surface area contributed by atoms with E-state index in [0.717, 1.165) is 13.0 Å². The molecule has 0 aromatic carbocycles. The molecule has 20 heavy (non-hydrogen) atoms. The van der Waals surface area contributed by atoms with Crippen molar-refractivity contribution in [2.75, 3.05) is 40.3 Å². The number of rotatable bonds is 8. The molecule has 0 spiro atoms. The van der Waals surface area contributed by atoms with Gasteiger partial charge in [-0.3, -0.25) is 9.59 Å². The molecule has 5 heteroatoms. The van der Waals surface area contributed by atoms with Gasteiger partial charge in [-0.2, -0.15) is 0 Å². The van der Waals surface area contributed by atoms with E-state index < -0.39 is 5.41 Å². The van der Waals surface area contributed by atoms with Crippen molar-refractivity contribution in [3.63, 3.8) is 0 Å². The Balaban J connectivity index is 4.47. The number of amides is 1. The van der Waals surface area contributed by atoms with Crippen LogP contribution in [0.15, 0.2) is 0 Å². The summed E-state index contributed by atoms with van der Waals surface area (Å²) in [5.74, 6) is -0.160. The standard InChI is InChI=1S/C15H30N2O3/c1-7-20-13(18)9-12-17(11-8-10-16(5)6)14(19)15(2,3)4/h7-12H2,1-6H3. The molecule has 0 rings (SSSR count). The van der Waals surface area contributed by atoms with Crippen LogP contribution in [0.2, 0.25) is 0 Å². The van der Waals surface area contributed by atoms with Gasteiger partial charge in [0.2, 0.25) is 5.91 Å². The summed E-state index contributed by atoms with van der Waals surface area (Å²) in [7, 11) is 4.02. The molecule has 0 aliphatic carbocycles. The van der Waals surface area contributed by atoms with Crippen molar-refractivity contribution in [1.29, 1.82) is 0 Å². The van der Waals surface area contributed by atoms with Crippen LogP contribution in [-0.2, 0) is 14.3 Å². The van der Waals surface area contributed by atoms with Gasteiger partial charge in [-0.05, 0) is 34.0 Å². The fraction of sp³-hybridized carbons (Fsp3) is 0.867. The van der Waals surface area contributed by atoms with Gasteiger partial charge < -0.3 is 14.5 Å². The first-order valence-electron chi connectivity index (χ1n) is 7.28. The van der Waals surface area contributed by atoms with Crippen LogP contribution < -0.4 is 0 Å². The quantitative estimate of drug-likeness (QED) is 0.638. The molecule has 0 atom stereocenters. The predicted molar refractivity (Wildman–Crippen MR) is 80.5 cm³/mol. The van der Waals surface area contributed by atoms with Crippen molar-refractivity contribution < 1.29 is 14.3 Å². The smallest absolute Gasteiger partial charge is 0.307 e. The fourth-order valence-corrected chi connectivity index (χ4v) is 1.83. The third kappa shape index (κ3) is 8.15. The molecule has 5 nitrogen and oxygen atoms in total. The van der Waals surface area contributed by atoms with Crippen molar-refractivity contribution in [2.45, 2.75) is 40.5 Å². The van der Waals surface area contributed by atoms with Crippen LogP contribution in [0.3, 0.4) is 0 Å². The van der Waals surface area contributed by atoms with Crippen molar-refractivity contribution in [1.82, 2.24) is 9.80 Å². The average Bonchev–Trinajstić information content (AvgIpc) is 2.31. The van der Waals surface area contributed by atoms with E-state index in [2.05, 4.69) is 4.90 Å². The van der Waals surface area contributed by atoms with Gasteiger partial charge in [0.25, 0.3) is 0 Å². The van der Waals surface area contributed by atoms with E-state index in [4.69, 9.17) is 4.74 Å². The zero-order valence-electron chi connectivity index (χ0n) is 13.9. The average molecular weight is 286 g/mol. The first kappa shape index (κ1) is 18.9. The number of hydrogen-bond acceptors (Lipinski definition) is 4. The van der Waals surface area contributed by atoms with E-state index in [0.29, 0.717) is 19.7 Å². The number of hydrogen-bond donors (Lipinski definition) is 0. The second kappa shape index (κ2) is 8.95. The number of carbonyl (C=O) groups excluding carboxylic acids is 2. The van der Waals surface area contributed by atoms with Crippen LogP contribution in [0.5, 0.6) is 0 Å². The molecular weight excluding hydrogens is 256 g/mol. The second-order valence-corrected chi connectivity index (χ2v) is 6.25. The van der Waals surface area contributed by atoms with Crippen molar-refractivity contribution in [2.24, 2.45) is 5.41 Å². The monoisotopic (exact) mass is 286 g/mol. The number of nitrogens with zero attached hydrogens (tertiary/aromatic N) is 2. The first-order valence-corrected chi connectivity index (χ1v) is 7.28. The minimum atomic E-state index is -0.424. The number of esters is 1. The predicted octanol–water partition coefficient (Wildman–Crippen LogP) is 1.77. The summed E-state index contributed by atoms with van der Waals surface area (Å²) in [6, 6.07) is 0. The highest BCUT2D eigenvalue weighted by Crippen LogP contribution is 2.18. The van der Waals surface area contributed by atoms with Crippen molar-refractivity contribution >= 4 is 11.9 Å². The molecule has 0 aromatic rings. The molecule has 1 amide bonds. The SMILES string of the molecule is CCOC(=O)CCN(CCCN(C)C)C(=O)C(C)(C)C. The van der Waals surface area contributed by atoms with Gasteiger partial charge in [0.05, 0.1) is 13.0 Å². The lowest BCUT2D eigenvalue weighted by atomic mass is 9.94. The van der Waals surface area contributed by atoms with Crippen molar-refractivity contribution in [3.05, 3.63) is 0 Å². The third-order valence-electron chi connectivity index (χ3n) is 2.85. The third-order valence-corrected chi connectivity index (χ3v) is 2.85. The molecule has 0 N–H and O–H groups in total.